The molecule has 7 aromatic carbocycles. The predicted molar refractivity (Wildman–Crippen MR) is 230 cm³/mol. The van der Waals surface area contributed by atoms with E-state index in [-0.39, 0.29) is 33.5 Å². The minimum atomic E-state index is -4.45. The Labute approximate surface area is 345 Å². The first kappa shape index (κ1) is 40.5. The minimum Gasteiger partial charge on any atom is -0.506 e. The maximum absolute atomic E-state index is 11.7. The zero-order chi connectivity index (χ0) is 42.4. The van der Waals surface area contributed by atoms with Gasteiger partial charge in [0.2, 0.25) is 0 Å². The van der Waals surface area contributed by atoms with Gasteiger partial charge in [-0.2, -0.15) is 34.0 Å². The van der Waals surface area contributed by atoms with Gasteiger partial charge in [-0.1, -0.05) is 18.2 Å². The number of phenolic OH excluding ortho intramolecular Hbond substituents is 2. The topological polar surface area (TPSA) is 215 Å². The highest BCUT2D eigenvalue weighted by molar-refractivity contribution is 7.86. The molecule has 0 saturated carbocycles. The number of benzene rings is 7. The number of hydrogen-bond acceptors (Lipinski definition) is 14. The smallest absolute Gasteiger partial charge is 0.296 e. The van der Waals surface area contributed by atoms with Crippen molar-refractivity contribution in [1.29, 1.82) is 0 Å². The van der Waals surface area contributed by atoms with Crippen LogP contribution >= 0.6 is 0 Å². The van der Waals surface area contributed by atoms with Gasteiger partial charge in [-0.05, 0) is 146 Å². The minimum absolute atomic E-state index is 0.0157. The van der Waals surface area contributed by atoms with Crippen molar-refractivity contribution >= 4 is 77.8 Å². The zero-order valence-electron chi connectivity index (χ0n) is 32.7. The van der Waals surface area contributed by atoms with Crippen LogP contribution in [0.4, 0.5) is 56.9 Å². The summed E-state index contributed by atoms with van der Waals surface area (Å²) in [5, 5.41) is 60.6. The van der Waals surface area contributed by atoms with Gasteiger partial charge in [0.15, 0.2) is 5.75 Å². The molecule has 0 aliphatic rings. The summed E-state index contributed by atoms with van der Waals surface area (Å²) in [4.78, 5) is -0.334. The molecule has 7 aromatic rings. The van der Waals surface area contributed by atoms with E-state index in [1.807, 2.05) is 69.3 Å². The molecule has 0 heterocycles. The third-order valence-electron chi connectivity index (χ3n) is 9.22. The van der Waals surface area contributed by atoms with Gasteiger partial charge in [-0.3, -0.25) is 4.55 Å². The summed E-state index contributed by atoms with van der Waals surface area (Å²) >= 11 is 0. The standard InChI is InChI=1S/C44H37N9O6S/c1-26-21-33(13-19-36(26)48-46-32-14-20-37(27(2)22-32)49-50-38-7-5-6-8-43(38)60(56,57)58)47-52-40-25-42(54)41(23-28(40)3)53-51-39-18-9-29-24-31(12-17-35(29)44(39)55)45-30-10-15-34(59-4)16-11-30/h5-25,45,54-55H,1-4H3,(H,56,57,58). The van der Waals surface area contributed by atoms with Gasteiger partial charge < -0.3 is 20.3 Å². The van der Waals surface area contributed by atoms with Crippen LogP contribution in [0.15, 0.2) is 173 Å². The van der Waals surface area contributed by atoms with Gasteiger partial charge in [0.1, 0.15) is 33.5 Å². The summed E-state index contributed by atoms with van der Waals surface area (Å²) in [6.07, 6.45) is 0. The molecule has 0 atom stereocenters. The molecule has 60 heavy (non-hydrogen) atoms. The van der Waals surface area contributed by atoms with Gasteiger partial charge in [0.05, 0.1) is 35.5 Å². The third-order valence-corrected chi connectivity index (χ3v) is 10.1. The van der Waals surface area contributed by atoms with Crippen LogP contribution < -0.4 is 10.1 Å². The van der Waals surface area contributed by atoms with Crippen LogP contribution in [-0.4, -0.2) is 30.3 Å². The molecule has 0 spiro atoms. The van der Waals surface area contributed by atoms with Crippen LogP contribution in [0.3, 0.4) is 0 Å². The highest BCUT2D eigenvalue weighted by Crippen LogP contribution is 2.40. The zero-order valence-corrected chi connectivity index (χ0v) is 33.5. The van der Waals surface area contributed by atoms with Crippen molar-refractivity contribution in [2.24, 2.45) is 40.9 Å². The average molecular weight is 820 g/mol. The molecule has 16 heteroatoms. The maximum Gasteiger partial charge on any atom is 0.296 e. The lowest BCUT2D eigenvalue weighted by Crippen LogP contribution is -1.97. The molecule has 15 nitrogen and oxygen atoms in total. The molecule has 7 rings (SSSR count). The number of nitrogens with zero attached hydrogens (tertiary/aromatic N) is 8. The van der Waals surface area contributed by atoms with Gasteiger partial charge >= 0.3 is 0 Å². The lowest BCUT2D eigenvalue weighted by atomic mass is 10.1. The Kier molecular flexibility index (Phi) is 11.8. The summed E-state index contributed by atoms with van der Waals surface area (Å²) in [5.41, 5.74) is 7.08. The summed E-state index contributed by atoms with van der Waals surface area (Å²) in [6.45, 7) is 5.49. The number of hydrogen-bond donors (Lipinski definition) is 4. The lowest BCUT2D eigenvalue weighted by Gasteiger charge is -2.10. The highest BCUT2D eigenvalue weighted by atomic mass is 32.2. The number of rotatable bonds is 12. The molecule has 0 amide bonds. The Bertz CT molecular complexity index is 2990. The largest absolute Gasteiger partial charge is 0.506 e. The van der Waals surface area contributed by atoms with E-state index in [1.54, 1.807) is 61.7 Å². The lowest BCUT2D eigenvalue weighted by molar-refractivity contribution is 0.415. The number of aryl methyl sites for hydroxylation is 3. The van der Waals surface area contributed by atoms with Crippen LogP contribution in [0.25, 0.3) is 10.8 Å². The second-order valence-electron chi connectivity index (χ2n) is 13.5. The third kappa shape index (κ3) is 9.53. The fourth-order valence-corrected chi connectivity index (χ4v) is 6.61. The van der Waals surface area contributed by atoms with Gasteiger partial charge in [0, 0.05) is 22.8 Å². The second kappa shape index (κ2) is 17.4. The van der Waals surface area contributed by atoms with E-state index < -0.39 is 10.1 Å². The number of phenols is 2. The fraction of sp³-hybridized carbons (Fsp3) is 0.0909. The van der Waals surface area contributed by atoms with E-state index in [9.17, 15) is 23.2 Å². The number of ether oxygens (including phenoxy) is 1. The van der Waals surface area contributed by atoms with Crippen LogP contribution in [-0.2, 0) is 10.1 Å². The second-order valence-corrected chi connectivity index (χ2v) is 14.9. The number of anilines is 2. The van der Waals surface area contributed by atoms with E-state index in [1.165, 1.54) is 24.3 Å². The van der Waals surface area contributed by atoms with E-state index in [0.29, 0.717) is 39.4 Å². The Balaban J connectivity index is 0.993. The predicted octanol–water partition coefficient (Wildman–Crippen LogP) is 13.8. The molecule has 0 bridgehead atoms. The Morgan fingerprint density at radius 1 is 0.517 bits per heavy atom. The Hall–Kier alpha value is -7.69. The first-order valence-corrected chi connectivity index (χ1v) is 19.7. The average Bonchev–Trinajstić information content (AvgIpc) is 3.23. The van der Waals surface area contributed by atoms with Gasteiger partial charge in [-0.15, -0.1) is 15.3 Å². The van der Waals surface area contributed by atoms with Crippen molar-refractivity contribution in [2.75, 3.05) is 12.4 Å². The van der Waals surface area contributed by atoms with Crippen LogP contribution in [0.1, 0.15) is 16.7 Å². The normalized spacial score (nSPS) is 12.1. The maximum atomic E-state index is 11.7. The molecule has 0 aromatic heterocycles. The van der Waals surface area contributed by atoms with Crippen LogP contribution in [0, 0.1) is 20.8 Å². The molecular formula is C44H37N9O6S. The van der Waals surface area contributed by atoms with Crippen molar-refractivity contribution in [2.45, 2.75) is 25.7 Å². The van der Waals surface area contributed by atoms with Crippen molar-refractivity contribution in [3.63, 3.8) is 0 Å². The van der Waals surface area contributed by atoms with Crippen LogP contribution in [0.5, 0.6) is 17.2 Å². The Morgan fingerprint density at radius 3 is 1.72 bits per heavy atom. The Morgan fingerprint density at radius 2 is 1.07 bits per heavy atom. The number of methoxy groups -OCH3 is 1. The van der Waals surface area contributed by atoms with Crippen molar-refractivity contribution in [3.8, 4) is 17.2 Å². The molecule has 0 radical (unpaired) electrons. The fourth-order valence-electron chi connectivity index (χ4n) is 5.98. The SMILES string of the molecule is COc1ccc(Nc2ccc3c(O)c(N=Nc4cc(C)c(N=Nc5ccc(N=Nc6ccc(N=Nc7ccccc7S(=O)(=O)O)c(C)c6)c(C)c5)cc4O)ccc3c2)cc1. The van der Waals surface area contributed by atoms with Crippen molar-refractivity contribution < 1.29 is 27.9 Å². The van der Waals surface area contributed by atoms with Crippen molar-refractivity contribution in [3.05, 3.63) is 144 Å². The summed E-state index contributed by atoms with van der Waals surface area (Å²) in [6, 6.07) is 36.0. The summed E-state index contributed by atoms with van der Waals surface area (Å²) in [7, 11) is -2.83. The number of fused-ring (bicyclic) bond motifs is 1. The number of aromatic hydroxyl groups is 2. The molecule has 0 aliphatic carbocycles. The monoisotopic (exact) mass is 819 g/mol. The number of nitrogens with one attached hydrogen (secondary N) is 1. The molecule has 0 fully saturated rings. The molecule has 0 saturated heterocycles. The first-order chi connectivity index (χ1) is 28.8. The van der Waals surface area contributed by atoms with Gasteiger partial charge in [0.25, 0.3) is 10.1 Å². The van der Waals surface area contributed by atoms with Crippen molar-refractivity contribution in [1.82, 2.24) is 0 Å². The number of azo groups is 4. The molecule has 0 unspecified atom stereocenters. The first-order valence-electron chi connectivity index (χ1n) is 18.3. The molecule has 4 N–H and O–H groups in total. The van der Waals surface area contributed by atoms with E-state index in [2.05, 4.69) is 46.2 Å². The van der Waals surface area contributed by atoms with E-state index in [0.717, 1.165) is 33.6 Å². The van der Waals surface area contributed by atoms with E-state index in [4.69, 9.17) is 4.74 Å². The van der Waals surface area contributed by atoms with Crippen LogP contribution in [0.2, 0.25) is 0 Å². The summed E-state index contributed by atoms with van der Waals surface area (Å²) in [5.74, 6) is 0.570. The molecule has 300 valence electrons. The molecule has 0 aliphatic heterocycles. The highest BCUT2D eigenvalue weighted by Gasteiger charge is 2.15. The molecular weight excluding hydrogens is 783 g/mol. The quantitative estimate of drug-likeness (QED) is 0.0690. The van der Waals surface area contributed by atoms with E-state index >= 15 is 0 Å². The van der Waals surface area contributed by atoms with Gasteiger partial charge in [-0.25, -0.2) is 0 Å². The summed E-state index contributed by atoms with van der Waals surface area (Å²) < 4.78 is 38.0.